The van der Waals surface area contributed by atoms with Crippen molar-refractivity contribution in [2.45, 2.75) is 104 Å². The standard InChI is InChI=1S/C45H59BO/c1-31(24-26-47-45(34-17-11-8-12-18-34,35-19-13-9-14-20-35)36-21-15-10-16-22-36)23-25-46(41-29-37-27-39(32(41)2)43(37,4)5)42-30-38-28-40(33(42)3)44(38,6)7/h8-23,32-33,37-42H,24-30H2,1-7H3/b31-23-. The maximum atomic E-state index is 7.18. The van der Waals surface area contributed by atoms with Gasteiger partial charge in [-0.2, -0.15) is 0 Å². The van der Waals surface area contributed by atoms with Crippen LogP contribution in [0.15, 0.2) is 103 Å². The summed E-state index contributed by atoms with van der Waals surface area (Å²) in [5.74, 6) is 7.14. The second-order valence-electron chi connectivity index (χ2n) is 17.6. The third-order valence-corrected chi connectivity index (χ3v) is 15.0. The van der Waals surface area contributed by atoms with E-state index in [0.717, 1.165) is 60.3 Å². The van der Waals surface area contributed by atoms with Crippen molar-refractivity contribution in [3.8, 4) is 0 Å². The van der Waals surface area contributed by atoms with Gasteiger partial charge in [0.25, 0.3) is 0 Å². The van der Waals surface area contributed by atoms with Gasteiger partial charge in [0, 0.05) is 0 Å². The summed E-state index contributed by atoms with van der Waals surface area (Å²) in [5.41, 5.74) is 5.48. The minimum atomic E-state index is -0.649. The van der Waals surface area contributed by atoms with Gasteiger partial charge in [0.15, 0.2) is 6.71 Å². The quantitative estimate of drug-likeness (QED) is 0.117. The molecule has 4 bridgehead atoms. The predicted molar refractivity (Wildman–Crippen MR) is 200 cm³/mol. The predicted octanol–water partition coefficient (Wildman–Crippen LogP) is 12.0. The summed E-state index contributed by atoms with van der Waals surface area (Å²) in [4.78, 5) is 0. The molecule has 3 aromatic carbocycles. The number of hydrogen-bond donors (Lipinski definition) is 0. The van der Waals surface area contributed by atoms with Gasteiger partial charge in [-0.3, -0.25) is 0 Å². The van der Waals surface area contributed by atoms with Gasteiger partial charge in [-0.15, -0.1) is 0 Å². The van der Waals surface area contributed by atoms with Gasteiger partial charge in [0.2, 0.25) is 0 Å². The van der Waals surface area contributed by atoms with Crippen LogP contribution in [0, 0.1) is 46.3 Å². The molecule has 0 aromatic heterocycles. The Labute approximate surface area is 287 Å². The Bertz CT molecular complexity index is 1390. The van der Waals surface area contributed by atoms with E-state index in [9.17, 15) is 0 Å². The average molecular weight is 627 g/mol. The van der Waals surface area contributed by atoms with Crippen molar-refractivity contribution in [3.63, 3.8) is 0 Å². The fourth-order valence-corrected chi connectivity index (χ4v) is 11.7. The molecule has 6 aliphatic carbocycles. The fraction of sp³-hybridized carbons (Fsp3) is 0.556. The first-order valence-corrected chi connectivity index (χ1v) is 19.0. The first-order valence-electron chi connectivity index (χ1n) is 19.0. The molecular weight excluding hydrogens is 567 g/mol. The van der Waals surface area contributed by atoms with Crippen LogP contribution in [0.4, 0.5) is 0 Å². The molecule has 0 saturated heterocycles. The average Bonchev–Trinajstić information content (AvgIpc) is 3.08. The van der Waals surface area contributed by atoms with Gasteiger partial charge in [0.1, 0.15) is 5.60 Å². The van der Waals surface area contributed by atoms with Gasteiger partial charge in [0.05, 0.1) is 6.61 Å². The molecule has 6 fully saturated rings. The lowest BCUT2D eigenvalue weighted by molar-refractivity contribution is -0.107. The van der Waals surface area contributed by atoms with Crippen LogP contribution < -0.4 is 0 Å². The lowest BCUT2D eigenvalue weighted by Gasteiger charge is -2.66. The van der Waals surface area contributed by atoms with E-state index in [4.69, 9.17) is 4.74 Å². The Hall–Kier alpha value is -2.58. The number of rotatable bonds is 11. The summed E-state index contributed by atoms with van der Waals surface area (Å²) in [5, 5.41) is 0. The molecule has 0 aliphatic heterocycles. The van der Waals surface area contributed by atoms with E-state index < -0.39 is 5.60 Å². The molecule has 9 rings (SSSR count). The minimum Gasteiger partial charge on any atom is -0.361 e. The lowest BCUT2D eigenvalue weighted by Crippen LogP contribution is -2.59. The highest BCUT2D eigenvalue weighted by Crippen LogP contribution is 2.69. The first-order chi connectivity index (χ1) is 22.5. The van der Waals surface area contributed by atoms with Crippen LogP contribution in [-0.4, -0.2) is 13.3 Å². The van der Waals surface area contributed by atoms with Crippen LogP contribution in [0.1, 0.15) is 97.3 Å². The highest BCUT2D eigenvalue weighted by Gasteiger charge is 2.62. The number of fused-ring (bicyclic) bond motifs is 4. The molecule has 0 N–H and O–H groups in total. The summed E-state index contributed by atoms with van der Waals surface area (Å²) < 4.78 is 7.18. The Balaban J connectivity index is 1.12. The van der Waals surface area contributed by atoms with Crippen LogP contribution in [-0.2, 0) is 10.3 Å². The maximum Gasteiger partial charge on any atom is 0.150 e. The molecule has 248 valence electrons. The molecule has 0 amide bonds. The maximum absolute atomic E-state index is 7.18. The van der Waals surface area contributed by atoms with E-state index in [2.05, 4.69) is 146 Å². The summed E-state index contributed by atoms with van der Waals surface area (Å²) >= 11 is 0. The summed E-state index contributed by atoms with van der Waals surface area (Å²) in [6.45, 7) is 19.4. The van der Waals surface area contributed by atoms with E-state index in [1.165, 1.54) is 54.3 Å². The first kappa shape index (κ1) is 32.9. The molecule has 47 heavy (non-hydrogen) atoms. The molecule has 0 spiro atoms. The topological polar surface area (TPSA) is 9.23 Å². The molecule has 8 unspecified atom stereocenters. The number of hydrogen-bond acceptors (Lipinski definition) is 1. The number of allylic oxidation sites excluding steroid dienone is 1. The zero-order chi connectivity index (χ0) is 33.0. The highest BCUT2D eigenvalue weighted by molar-refractivity contribution is 6.63. The van der Waals surface area contributed by atoms with Crippen molar-refractivity contribution >= 4 is 6.71 Å². The number of benzene rings is 3. The van der Waals surface area contributed by atoms with Gasteiger partial charge >= 0.3 is 0 Å². The molecule has 3 aromatic rings. The Morgan fingerprint density at radius 2 is 1.09 bits per heavy atom. The Morgan fingerprint density at radius 3 is 1.45 bits per heavy atom. The molecular formula is C45H59BO. The van der Waals surface area contributed by atoms with E-state index in [1.807, 2.05) is 0 Å². The zero-order valence-electron chi connectivity index (χ0n) is 30.3. The molecule has 6 saturated carbocycles. The monoisotopic (exact) mass is 626 g/mol. The highest BCUT2D eigenvalue weighted by atomic mass is 16.5. The summed E-state index contributed by atoms with van der Waals surface area (Å²) in [7, 11) is 0. The van der Waals surface area contributed by atoms with Crippen molar-refractivity contribution in [1.82, 2.24) is 0 Å². The van der Waals surface area contributed by atoms with Gasteiger partial charge < -0.3 is 4.74 Å². The van der Waals surface area contributed by atoms with Crippen molar-refractivity contribution < 1.29 is 4.74 Å². The van der Waals surface area contributed by atoms with Crippen LogP contribution in [0.25, 0.3) is 0 Å². The largest absolute Gasteiger partial charge is 0.361 e. The van der Waals surface area contributed by atoms with Crippen LogP contribution >= 0.6 is 0 Å². The second-order valence-corrected chi connectivity index (χ2v) is 17.6. The van der Waals surface area contributed by atoms with Gasteiger partial charge in [-0.25, -0.2) is 0 Å². The summed E-state index contributed by atoms with van der Waals surface area (Å²) in [6, 6.07) is 32.5. The van der Waals surface area contributed by atoms with Crippen molar-refractivity contribution in [2.75, 3.05) is 6.61 Å². The van der Waals surface area contributed by atoms with E-state index >= 15 is 0 Å². The normalized spacial score (nSPS) is 32.2. The Kier molecular flexibility index (Phi) is 8.91. The van der Waals surface area contributed by atoms with Crippen LogP contribution in [0.2, 0.25) is 18.0 Å². The minimum absolute atomic E-state index is 0.550. The SMILES string of the molecule is C/C(=C/CB(C1CC2CC(C1C)C2(C)C)C1CC2CC(C1C)C2(C)C)CCOC(c1ccccc1)(c1ccccc1)c1ccccc1. The third-order valence-electron chi connectivity index (χ3n) is 15.0. The van der Waals surface area contributed by atoms with Gasteiger partial charge in [-0.1, -0.05) is 175 Å². The smallest absolute Gasteiger partial charge is 0.150 e. The lowest BCUT2D eigenvalue weighted by atomic mass is 9.20. The van der Waals surface area contributed by atoms with Gasteiger partial charge in [-0.05, 0) is 89.2 Å². The zero-order valence-corrected chi connectivity index (χ0v) is 30.3. The van der Waals surface area contributed by atoms with Crippen molar-refractivity contribution in [3.05, 3.63) is 119 Å². The fourth-order valence-electron chi connectivity index (χ4n) is 11.7. The van der Waals surface area contributed by atoms with E-state index in [-0.39, 0.29) is 0 Å². The second kappa shape index (κ2) is 12.7. The van der Waals surface area contributed by atoms with Crippen molar-refractivity contribution in [2.24, 2.45) is 46.3 Å². The van der Waals surface area contributed by atoms with E-state index in [1.54, 1.807) is 0 Å². The molecule has 6 aliphatic rings. The Morgan fingerprint density at radius 1 is 0.681 bits per heavy atom. The third kappa shape index (κ3) is 5.59. The molecule has 8 atom stereocenters. The van der Waals surface area contributed by atoms with E-state index in [0.29, 0.717) is 17.4 Å². The van der Waals surface area contributed by atoms with Crippen molar-refractivity contribution in [1.29, 1.82) is 0 Å². The summed E-state index contributed by atoms with van der Waals surface area (Å²) in [6.07, 6.45) is 10.7. The van der Waals surface area contributed by atoms with Crippen LogP contribution in [0.5, 0.6) is 0 Å². The molecule has 0 heterocycles. The molecule has 2 heteroatoms. The number of ether oxygens (including phenoxy) is 1. The van der Waals surface area contributed by atoms with Crippen LogP contribution in [0.3, 0.4) is 0 Å². The molecule has 1 nitrogen and oxygen atoms in total. The molecule has 0 radical (unpaired) electrons.